The van der Waals surface area contributed by atoms with Crippen LogP contribution >= 0.6 is 0 Å². The van der Waals surface area contributed by atoms with Crippen LogP contribution in [0.4, 0.5) is 0 Å². The average Bonchev–Trinajstić information content (AvgIpc) is 2.62. The van der Waals surface area contributed by atoms with Crippen LogP contribution in [0.25, 0.3) is 16.8 Å². The normalized spacial score (nSPS) is 11.0. The summed E-state index contributed by atoms with van der Waals surface area (Å²) < 4.78 is 10.4. The van der Waals surface area contributed by atoms with Crippen LogP contribution in [0.5, 0.6) is 0 Å². The molecule has 0 amide bonds. The van der Waals surface area contributed by atoms with E-state index in [2.05, 4.69) is 23.7 Å². The van der Waals surface area contributed by atoms with Crippen molar-refractivity contribution < 1.29 is 19.1 Å². The molecule has 0 heterocycles. The fourth-order valence-corrected chi connectivity index (χ4v) is 2.45. The molecule has 0 N–H and O–H groups in total. The summed E-state index contributed by atoms with van der Waals surface area (Å²) in [4.78, 5) is 23.0. The molecule has 0 radical (unpaired) electrons. The minimum Gasteiger partial charge on any atom is -0.460 e. The maximum atomic E-state index is 11.6. The SMILES string of the molecule is CC(=O)O/C(C#CC#CCCC(=O)OC(C)(C)C)=C\c1ccc2ccccc2c1. The fourth-order valence-electron chi connectivity index (χ4n) is 2.45. The van der Waals surface area contributed by atoms with Gasteiger partial charge < -0.3 is 9.47 Å². The number of hydrogen-bond donors (Lipinski definition) is 0. The van der Waals surface area contributed by atoms with Crippen molar-refractivity contribution >= 4 is 28.8 Å². The zero-order valence-electron chi connectivity index (χ0n) is 17.2. The fraction of sp³-hybridized carbons (Fsp3) is 0.280. The van der Waals surface area contributed by atoms with Gasteiger partial charge in [-0.1, -0.05) is 42.3 Å². The summed E-state index contributed by atoms with van der Waals surface area (Å²) in [6.07, 6.45) is 2.25. The first-order valence-corrected chi connectivity index (χ1v) is 9.32. The molecule has 0 saturated heterocycles. The summed E-state index contributed by atoms with van der Waals surface area (Å²) in [6, 6.07) is 13.9. The second kappa shape index (κ2) is 10.2. The Labute approximate surface area is 171 Å². The van der Waals surface area contributed by atoms with E-state index >= 15 is 0 Å². The lowest BCUT2D eigenvalue weighted by Gasteiger charge is -2.18. The number of carbonyl (C=O) groups excluding carboxylic acids is 2. The van der Waals surface area contributed by atoms with Gasteiger partial charge in [-0.25, -0.2) is 0 Å². The van der Waals surface area contributed by atoms with Gasteiger partial charge in [-0.15, -0.1) is 0 Å². The molecule has 0 aliphatic heterocycles. The standard InChI is InChI=1S/C25H24O4/c1-19(26)28-23(13-7-5-6-8-14-24(27)29-25(2,3)4)18-20-15-16-21-11-9-10-12-22(21)17-20/h9-12,15-18H,8,14H2,1-4H3/b23-18-. The third kappa shape index (κ3) is 8.37. The lowest BCUT2D eigenvalue weighted by Crippen LogP contribution is -2.23. The van der Waals surface area contributed by atoms with E-state index < -0.39 is 11.6 Å². The molecule has 2 rings (SSSR count). The van der Waals surface area contributed by atoms with Gasteiger partial charge in [0.1, 0.15) is 5.60 Å². The Kier molecular flexibility index (Phi) is 7.63. The molecule has 0 fully saturated rings. The number of carbonyl (C=O) groups is 2. The molecule has 148 valence electrons. The Hall–Kier alpha value is -3.50. The van der Waals surface area contributed by atoms with Crippen LogP contribution in [0, 0.1) is 23.7 Å². The molecule has 0 bridgehead atoms. The number of rotatable bonds is 4. The number of esters is 2. The third-order valence-corrected chi connectivity index (χ3v) is 3.54. The highest BCUT2D eigenvalue weighted by molar-refractivity contribution is 5.85. The first-order chi connectivity index (χ1) is 13.7. The van der Waals surface area contributed by atoms with E-state index in [1.807, 2.05) is 63.2 Å². The summed E-state index contributed by atoms with van der Waals surface area (Å²) >= 11 is 0. The second-order valence-corrected chi connectivity index (χ2v) is 7.35. The Bertz CT molecular complexity index is 1050. The van der Waals surface area contributed by atoms with Crippen molar-refractivity contribution in [2.75, 3.05) is 0 Å². The molecule has 0 unspecified atom stereocenters. The Balaban J connectivity index is 2.07. The van der Waals surface area contributed by atoms with Gasteiger partial charge in [-0.2, -0.15) is 0 Å². The Morgan fingerprint density at radius 2 is 1.76 bits per heavy atom. The van der Waals surface area contributed by atoms with Crippen LogP contribution < -0.4 is 0 Å². The maximum Gasteiger partial charge on any atom is 0.308 e. The molecule has 0 aliphatic rings. The quantitative estimate of drug-likeness (QED) is 0.426. The molecule has 0 saturated carbocycles. The first-order valence-electron chi connectivity index (χ1n) is 9.32. The second-order valence-electron chi connectivity index (χ2n) is 7.35. The molecule has 29 heavy (non-hydrogen) atoms. The molecule has 4 nitrogen and oxygen atoms in total. The average molecular weight is 388 g/mol. The van der Waals surface area contributed by atoms with E-state index in [0.717, 1.165) is 16.3 Å². The van der Waals surface area contributed by atoms with E-state index in [9.17, 15) is 9.59 Å². The van der Waals surface area contributed by atoms with Crippen LogP contribution in [0.15, 0.2) is 48.2 Å². The van der Waals surface area contributed by atoms with E-state index in [1.165, 1.54) is 6.92 Å². The van der Waals surface area contributed by atoms with Crippen molar-refractivity contribution in [1.29, 1.82) is 0 Å². The molecular weight excluding hydrogens is 364 g/mol. The van der Waals surface area contributed by atoms with Crippen molar-refractivity contribution in [3.8, 4) is 23.7 Å². The van der Waals surface area contributed by atoms with Crippen LogP contribution in [-0.4, -0.2) is 17.5 Å². The highest BCUT2D eigenvalue weighted by Crippen LogP contribution is 2.18. The first kappa shape index (κ1) is 21.8. The molecule has 0 spiro atoms. The van der Waals surface area contributed by atoms with Crippen LogP contribution in [0.3, 0.4) is 0 Å². The predicted octanol–water partition coefficient (Wildman–Crippen LogP) is 4.87. The number of fused-ring (bicyclic) bond motifs is 1. The number of benzene rings is 2. The minimum atomic E-state index is -0.503. The predicted molar refractivity (Wildman–Crippen MR) is 114 cm³/mol. The third-order valence-electron chi connectivity index (χ3n) is 3.54. The lowest BCUT2D eigenvalue weighted by molar-refractivity contribution is -0.154. The van der Waals surface area contributed by atoms with Crippen LogP contribution in [0.2, 0.25) is 0 Å². The van der Waals surface area contributed by atoms with Gasteiger partial charge in [-0.3, -0.25) is 9.59 Å². The molecule has 0 atom stereocenters. The summed E-state index contributed by atoms with van der Waals surface area (Å²) in [5, 5.41) is 2.21. The zero-order valence-corrected chi connectivity index (χ0v) is 17.2. The van der Waals surface area contributed by atoms with Gasteiger partial charge in [0.05, 0.1) is 6.42 Å². The summed E-state index contributed by atoms with van der Waals surface area (Å²) in [7, 11) is 0. The summed E-state index contributed by atoms with van der Waals surface area (Å²) in [5.74, 6) is 10.4. The number of hydrogen-bond acceptors (Lipinski definition) is 4. The highest BCUT2D eigenvalue weighted by atomic mass is 16.6. The van der Waals surface area contributed by atoms with E-state index in [4.69, 9.17) is 9.47 Å². The molecular formula is C25H24O4. The highest BCUT2D eigenvalue weighted by Gasteiger charge is 2.15. The van der Waals surface area contributed by atoms with Gasteiger partial charge >= 0.3 is 11.9 Å². The molecule has 2 aromatic rings. The minimum absolute atomic E-state index is 0.204. The van der Waals surface area contributed by atoms with E-state index in [-0.39, 0.29) is 18.1 Å². The Morgan fingerprint density at radius 3 is 2.45 bits per heavy atom. The molecule has 2 aromatic carbocycles. The zero-order chi connectivity index (χ0) is 21.3. The van der Waals surface area contributed by atoms with Gasteiger partial charge in [0.2, 0.25) is 0 Å². The number of allylic oxidation sites excluding steroid dienone is 1. The van der Waals surface area contributed by atoms with Crippen molar-refractivity contribution in [2.45, 2.75) is 46.1 Å². The summed E-state index contributed by atoms with van der Waals surface area (Å²) in [6.45, 7) is 6.78. The molecule has 0 aliphatic carbocycles. The van der Waals surface area contributed by atoms with Crippen molar-refractivity contribution in [2.24, 2.45) is 0 Å². The van der Waals surface area contributed by atoms with E-state index in [0.29, 0.717) is 6.42 Å². The smallest absolute Gasteiger partial charge is 0.308 e. The van der Waals surface area contributed by atoms with Gasteiger partial charge in [0.15, 0.2) is 5.76 Å². The monoisotopic (exact) mass is 388 g/mol. The largest absolute Gasteiger partial charge is 0.460 e. The summed E-state index contributed by atoms with van der Waals surface area (Å²) in [5.41, 5.74) is 0.365. The lowest BCUT2D eigenvalue weighted by atomic mass is 10.1. The van der Waals surface area contributed by atoms with Crippen LogP contribution in [0.1, 0.15) is 46.1 Å². The maximum absolute atomic E-state index is 11.6. The molecule has 0 aromatic heterocycles. The van der Waals surface area contributed by atoms with Crippen molar-refractivity contribution in [3.05, 3.63) is 53.8 Å². The van der Waals surface area contributed by atoms with Crippen molar-refractivity contribution in [3.63, 3.8) is 0 Å². The van der Waals surface area contributed by atoms with Gasteiger partial charge in [0.25, 0.3) is 0 Å². The van der Waals surface area contributed by atoms with Crippen LogP contribution in [-0.2, 0) is 19.1 Å². The molecule has 4 heteroatoms. The number of ether oxygens (including phenoxy) is 2. The Morgan fingerprint density at radius 1 is 1.03 bits per heavy atom. The van der Waals surface area contributed by atoms with Gasteiger partial charge in [-0.05, 0) is 67.0 Å². The van der Waals surface area contributed by atoms with E-state index in [1.54, 1.807) is 6.08 Å². The topological polar surface area (TPSA) is 52.6 Å². The van der Waals surface area contributed by atoms with Gasteiger partial charge in [0, 0.05) is 13.3 Å². The van der Waals surface area contributed by atoms with Crippen molar-refractivity contribution in [1.82, 2.24) is 0 Å².